The van der Waals surface area contributed by atoms with Crippen molar-refractivity contribution in [2.24, 2.45) is 0 Å². The van der Waals surface area contributed by atoms with Crippen molar-refractivity contribution in [3.63, 3.8) is 0 Å². The van der Waals surface area contributed by atoms with Gasteiger partial charge in [-0.15, -0.1) is 0 Å². The van der Waals surface area contributed by atoms with Crippen LogP contribution in [0.15, 0.2) is 180 Å². The van der Waals surface area contributed by atoms with Crippen LogP contribution in [0.4, 0.5) is 0 Å². The number of furan rings is 1. The maximum atomic E-state index is 11.9. The number of phenolic OH excluding ortho intramolecular Hbond substituents is 1. The lowest BCUT2D eigenvalue weighted by Gasteiger charge is -2.23. The summed E-state index contributed by atoms with van der Waals surface area (Å²) in [5, 5.41) is 13.8. The average molecular weight is 738 g/mol. The number of rotatable bonds is 6. The smallest absolute Gasteiger partial charge is 0.149 e. The minimum Gasteiger partial charge on any atom is -0.507 e. The molecule has 10 rings (SSSR count). The minimum absolute atomic E-state index is 0.0736. The van der Waals surface area contributed by atoms with Crippen LogP contribution in [0.5, 0.6) is 5.75 Å². The molecule has 0 aliphatic carbocycles. The molecule has 10 aromatic rings. The Morgan fingerprint density at radius 2 is 1.25 bits per heavy atom. The molecule has 0 radical (unpaired) electrons. The molecule has 5 nitrogen and oxygen atoms in total. The number of fused-ring (bicyclic) bond motifs is 4. The zero-order chi connectivity index (χ0) is 38.7. The molecule has 0 amide bonds. The first-order chi connectivity index (χ1) is 27.8. The molecule has 7 aromatic carbocycles. The van der Waals surface area contributed by atoms with Crippen LogP contribution in [-0.2, 0) is 5.41 Å². The number of benzene rings is 7. The summed E-state index contributed by atoms with van der Waals surface area (Å²) in [5.74, 6) is 0.725. The Balaban J connectivity index is 1.29. The number of para-hydroxylation sites is 2. The van der Waals surface area contributed by atoms with Gasteiger partial charge in [-0.3, -0.25) is 9.55 Å². The first-order valence-electron chi connectivity index (χ1n) is 19.3. The highest BCUT2D eigenvalue weighted by Gasteiger charge is 2.25. The maximum Gasteiger partial charge on any atom is 0.149 e. The Morgan fingerprint density at radius 3 is 2.02 bits per heavy atom. The van der Waals surface area contributed by atoms with Gasteiger partial charge in [0.05, 0.1) is 28.0 Å². The third kappa shape index (κ3) is 6.05. The van der Waals surface area contributed by atoms with Gasteiger partial charge in [0.1, 0.15) is 22.7 Å². The largest absolute Gasteiger partial charge is 0.507 e. The van der Waals surface area contributed by atoms with Crippen LogP contribution < -0.4 is 0 Å². The zero-order valence-electron chi connectivity index (χ0n) is 31.9. The zero-order valence-corrected chi connectivity index (χ0v) is 31.9. The van der Waals surface area contributed by atoms with Gasteiger partial charge in [0.25, 0.3) is 0 Å². The molecule has 1 N–H and O–H groups in total. The maximum absolute atomic E-state index is 11.9. The van der Waals surface area contributed by atoms with Gasteiger partial charge in [-0.2, -0.15) is 0 Å². The van der Waals surface area contributed by atoms with Gasteiger partial charge in [0.15, 0.2) is 0 Å². The van der Waals surface area contributed by atoms with Crippen molar-refractivity contribution in [1.29, 1.82) is 0 Å². The molecule has 0 fully saturated rings. The fourth-order valence-corrected chi connectivity index (χ4v) is 8.00. The van der Waals surface area contributed by atoms with Crippen LogP contribution in [0.3, 0.4) is 0 Å². The molecular formula is C52H39N3O2. The summed E-state index contributed by atoms with van der Waals surface area (Å²) >= 11 is 0. The number of aromatic hydroxyl groups is 1. The van der Waals surface area contributed by atoms with Crippen molar-refractivity contribution in [2.45, 2.75) is 26.2 Å². The predicted octanol–water partition coefficient (Wildman–Crippen LogP) is 13.7. The van der Waals surface area contributed by atoms with Crippen LogP contribution >= 0.6 is 0 Å². The van der Waals surface area contributed by atoms with Gasteiger partial charge < -0.3 is 9.52 Å². The van der Waals surface area contributed by atoms with Gasteiger partial charge >= 0.3 is 0 Å². The van der Waals surface area contributed by atoms with Crippen molar-refractivity contribution < 1.29 is 9.52 Å². The summed E-state index contributed by atoms with van der Waals surface area (Å²) in [6, 6.07) is 58.5. The molecule has 0 aliphatic heterocycles. The third-order valence-electron chi connectivity index (χ3n) is 10.9. The van der Waals surface area contributed by atoms with E-state index in [-0.39, 0.29) is 11.2 Å². The SMILES string of the molecule is CC(C)(C)c1ccc(-n2c(-c3cc4c(cc3O)oc3ccccc34)nc3c(-c4cc(-c5ccccc5)cc(-c5ccccn5)c4)cccc32)c(-c2ccccc2)c1. The first kappa shape index (κ1) is 34.3. The number of aromatic nitrogens is 3. The summed E-state index contributed by atoms with van der Waals surface area (Å²) in [6.45, 7) is 6.73. The summed E-state index contributed by atoms with van der Waals surface area (Å²) in [5.41, 5.74) is 14.2. The molecule has 0 unspecified atom stereocenters. The van der Waals surface area contributed by atoms with E-state index in [4.69, 9.17) is 14.4 Å². The van der Waals surface area contributed by atoms with Crippen molar-refractivity contribution in [3.05, 3.63) is 182 Å². The van der Waals surface area contributed by atoms with E-state index in [1.807, 2.05) is 60.8 Å². The van der Waals surface area contributed by atoms with Gasteiger partial charge in [0.2, 0.25) is 0 Å². The van der Waals surface area contributed by atoms with E-state index in [2.05, 4.69) is 135 Å². The highest BCUT2D eigenvalue weighted by atomic mass is 16.3. The molecule has 0 bridgehead atoms. The number of imidazole rings is 1. The second-order valence-electron chi connectivity index (χ2n) is 15.6. The molecule has 0 saturated carbocycles. The number of hydrogen-bond donors (Lipinski definition) is 1. The van der Waals surface area contributed by atoms with Crippen LogP contribution in [-0.4, -0.2) is 19.6 Å². The van der Waals surface area contributed by atoms with E-state index in [9.17, 15) is 5.11 Å². The van der Waals surface area contributed by atoms with Crippen molar-refractivity contribution in [2.75, 3.05) is 0 Å². The average Bonchev–Trinajstić information content (AvgIpc) is 3.81. The van der Waals surface area contributed by atoms with E-state index in [0.29, 0.717) is 17.0 Å². The Bertz CT molecular complexity index is 3040. The fourth-order valence-electron chi connectivity index (χ4n) is 8.00. The lowest BCUT2D eigenvalue weighted by molar-refractivity contribution is 0.476. The Hall–Kier alpha value is -7.24. The molecule has 3 aromatic heterocycles. The van der Waals surface area contributed by atoms with Gasteiger partial charge in [-0.05, 0) is 93.9 Å². The second-order valence-corrected chi connectivity index (χ2v) is 15.6. The minimum atomic E-state index is -0.0736. The van der Waals surface area contributed by atoms with E-state index in [1.165, 1.54) is 5.56 Å². The summed E-state index contributed by atoms with van der Waals surface area (Å²) in [4.78, 5) is 10.3. The molecule has 0 saturated heterocycles. The van der Waals surface area contributed by atoms with Gasteiger partial charge in [-0.1, -0.05) is 124 Å². The normalized spacial score (nSPS) is 11.8. The Kier molecular flexibility index (Phi) is 8.12. The summed E-state index contributed by atoms with van der Waals surface area (Å²) < 4.78 is 8.42. The van der Waals surface area contributed by atoms with E-state index >= 15 is 0 Å². The monoisotopic (exact) mass is 737 g/mol. The number of hydrogen-bond acceptors (Lipinski definition) is 4. The van der Waals surface area contributed by atoms with Crippen molar-refractivity contribution in [3.8, 4) is 67.5 Å². The van der Waals surface area contributed by atoms with Crippen LogP contribution in [0.1, 0.15) is 26.3 Å². The molecule has 57 heavy (non-hydrogen) atoms. The van der Waals surface area contributed by atoms with E-state index < -0.39 is 0 Å². The highest BCUT2D eigenvalue weighted by Crippen LogP contribution is 2.44. The first-order valence-corrected chi connectivity index (χ1v) is 19.3. The number of nitrogens with zero attached hydrogens (tertiary/aromatic N) is 3. The highest BCUT2D eigenvalue weighted by molar-refractivity contribution is 6.07. The molecule has 5 heteroatoms. The lowest BCUT2D eigenvalue weighted by atomic mass is 9.85. The lowest BCUT2D eigenvalue weighted by Crippen LogP contribution is -2.12. The molecule has 0 atom stereocenters. The van der Waals surface area contributed by atoms with Gasteiger partial charge in [0, 0.05) is 39.7 Å². The summed E-state index contributed by atoms with van der Waals surface area (Å²) in [6.07, 6.45) is 1.83. The van der Waals surface area contributed by atoms with Crippen LogP contribution in [0, 0.1) is 0 Å². The molecule has 0 aliphatic rings. The topological polar surface area (TPSA) is 64.1 Å². The molecular weight excluding hydrogens is 699 g/mol. The third-order valence-corrected chi connectivity index (χ3v) is 10.9. The fraction of sp³-hybridized carbons (Fsp3) is 0.0769. The molecule has 274 valence electrons. The molecule has 3 heterocycles. The number of phenols is 1. The Morgan fingerprint density at radius 1 is 0.526 bits per heavy atom. The quantitative estimate of drug-likeness (QED) is 0.185. The van der Waals surface area contributed by atoms with Crippen LogP contribution in [0.25, 0.3) is 94.7 Å². The van der Waals surface area contributed by atoms with E-state index in [1.54, 1.807) is 6.07 Å². The summed E-state index contributed by atoms with van der Waals surface area (Å²) in [7, 11) is 0. The number of pyridine rings is 1. The van der Waals surface area contributed by atoms with Crippen molar-refractivity contribution in [1.82, 2.24) is 14.5 Å². The Labute approximate surface area is 331 Å². The van der Waals surface area contributed by atoms with E-state index in [0.717, 1.165) is 77.7 Å². The van der Waals surface area contributed by atoms with Crippen LogP contribution in [0.2, 0.25) is 0 Å². The second kappa shape index (κ2) is 13.5. The molecule has 0 spiro atoms. The predicted molar refractivity (Wildman–Crippen MR) is 234 cm³/mol. The van der Waals surface area contributed by atoms with Gasteiger partial charge in [-0.25, -0.2) is 4.98 Å². The van der Waals surface area contributed by atoms with Crippen molar-refractivity contribution >= 4 is 33.0 Å². The standard InChI is InChI=1S/C52H39N3O2/c1-52(2,3)38-24-25-45(41(30-38)34-17-8-5-9-18-34)55-46-22-14-20-39(36-27-35(33-15-6-4-7-16-33)28-37(29-36)44-21-12-13-26-53-44)50(46)54-51(55)43-31-42-40-19-10-11-23-48(40)57-49(42)32-47(43)56/h4-32,56H,1-3H3.